The summed E-state index contributed by atoms with van der Waals surface area (Å²) in [6.45, 7) is 16.2. The molecular weight excluding hydrogens is 328 g/mol. The fourth-order valence-corrected chi connectivity index (χ4v) is 4.92. The molecule has 0 aliphatic heterocycles. The first kappa shape index (κ1) is 21.6. The maximum atomic E-state index is 12.5. The molecule has 0 saturated carbocycles. The molecular formula is C21H34O3Si. The van der Waals surface area contributed by atoms with Gasteiger partial charge in [0.25, 0.3) is 0 Å². The highest BCUT2D eigenvalue weighted by Gasteiger charge is 2.52. The number of ether oxygens (including phenoxy) is 1. The van der Waals surface area contributed by atoms with Crippen LogP contribution in [0.2, 0.25) is 18.1 Å². The molecule has 1 aromatic carbocycles. The van der Waals surface area contributed by atoms with Gasteiger partial charge in [-0.2, -0.15) is 0 Å². The zero-order valence-electron chi connectivity index (χ0n) is 17.0. The van der Waals surface area contributed by atoms with Crippen molar-refractivity contribution in [1.29, 1.82) is 0 Å². The molecule has 1 atom stereocenters. The largest absolute Gasteiger partial charge is 0.460 e. The Morgan fingerprint density at radius 3 is 2.04 bits per heavy atom. The zero-order valence-corrected chi connectivity index (χ0v) is 18.0. The Labute approximate surface area is 154 Å². The molecule has 0 spiro atoms. The van der Waals surface area contributed by atoms with Crippen LogP contribution in [0.15, 0.2) is 36.4 Å². The molecule has 0 aliphatic carbocycles. The molecule has 0 fully saturated rings. The second-order valence-electron chi connectivity index (χ2n) is 9.31. The van der Waals surface area contributed by atoms with E-state index in [2.05, 4.69) is 33.9 Å². The smallest absolute Gasteiger partial charge is 0.309 e. The minimum absolute atomic E-state index is 0.0237. The maximum Gasteiger partial charge on any atom is 0.309 e. The van der Waals surface area contributed by atoms with Crippen LogP contribution in [0.1, 0.15) is 53.5 Å². The second kappa shape index (κ2) is 7.46. The molecule has 0 amide bonds. The second-order valence-corrected chi connectivity index (χ2v) is 14.9. The topological polar surface area (TPSA) is 46.5 Å². The summed E-state index contributed by atoms with van der Waals surface area (Å²) in [5, 5.41) is 10.3. The van der Waals surface area contributed by atoms with Gasteiger partial charge in [0.2, 0.25) is 0 Å². The van der Waals surface area contributed by atoms with Crippen LogP contribution < -0.4 is 0 Å². The minimum atomic E-state index is -2.28. The van der Waals surface area contributed by atoms with Gasteiger partial charge < -0.3 is 9.84 Å². The van der Waals surface area contributed by atoms with Crippen molar-refractivity contribution in [3.63, 3.8) is 0 Å². The van der Waals surface area contributed by atoms with Gasteiger partial charge in [0, 0.05) is 0 Å². The molecule has 0 radical (unpaired) electrons. The standard InChI is InChI=1S/C21H34O3Si/c1-19(2,3)24-18(22)16-21(23,25(7,8)20(4,5)6)15-14-17-12-10-9-11-13-17/h9-15,23H,16H2,1-8H3/b15-14+. The molecule has 1 unspecified atom stereocenters. The summed E-state index contributed by atoms with van der Waals surface area (Å²) in [5.74, 6) is -0.363. The Morgan fingerprint density at radius 1 is 1.08 bits per heavy atom. The van der Waals surface area contributed by atoms with Crippen LogP contribution in [0.5, 0.6) is 0 Å². The Morgan fingerprint density at radius 2 is 1.60 bits per heavy atom. The third-order valence-corrected chi connectivity index (χ3v) is 11.4. The van der Waals surface area contributed by atoms with E-state index in [1.54, 1.807) is 0 Å². The minimum Gasteiger partial charge on any atom is -0.460 e. The van der Waals surface area contributed by atoms with Gasteiger partial charge in [-0.3, -0.25) is 4.79 Å². The number of carbonyl (C=O) groups is 1. The Kier molecular flexibility index (Phi) is 6.46. The molecule has 0 aliphatic rings. The molecule has 1 aromatic rings. The van der Waals surface area contributed by atoms with Gasteiger partial charge in [0.15, 0.2) is 0 Å². The van der Waals surface area contributed by atoms with Crippen molar-refractivity contribution >= 4 is 20.1 Å². The lowest BCUT2D eigenvalue weighted by atomic mass is 10.1. The summed E-state index contributed by atoms with van der Waals surface area (Å²) in [6.07, 6.45) is 3.69. The highest BCUT2D eigenvalue weighted by molar-refractivity contribution is 6.83. The van der Waals surface area contributed by atoms with E-state index in [0.29, 0.717) is 0 Å². The van der Waals surface area contributed by atoms with E-state index in [0.717, 1.165) is 5.56 Å². The molecule has 0 saturated heterocycles. The van der Waals surface area contributed by atoms with Crippen LogP contribution in [0.4, 0.5) is 0 Å². The van der Waals surface area contributed by atoms with Gasteiger partial charge in [-0.1, -0.05) is 76.3 Å². The first-order chi connectivity index (χ1) is 11.2. The van der Waals surface area contributed by atoms with E-state index in [4.69, 9.17) is 4.74 Å². The van der Waals surface area contributed by atoms with E-state index < -0.39 is 18.9 Å². The van der Waals surface area contributed by atoms with Gasteiger partial charge in [-0.25, -0.2) is 0 Å². The van der Waals surface area contributed by atoms with Crippen LogP contribution in [0.25, 0.3) is 6.08 Å². The Balaban J connectivity index is 3.22. The van der Waals surface area contributed by atoms with E-state index >= 15 is 0 Å². The van der Waals surface area contributed by atoms with Crippen molar-refractivity contribution in [2.75, 3.05) is 0 Å². The Hall–Kier alpha value is -1.39. The summed E-state index contributed by atoms with van der Waals surface area (Å²) < 4.78 is 5.48. The lowest BCUT2D eigenvalue weighted by molar-refractivity contribution is -0.157. The van der Waals surface area contributed by atoms with Gasteiger partial charge in [-0.05, 0) is 31.4 Å². The monoisotopic (exact) mass is 362 g/mol. The third-order valence-electron chi connectivity index (χ3n) is 5.14. The molecule has 1 rings (SSSR count). The molecule has 0 bridgehead atoms. The zero-order chi connectivity index (χ0) is 19.5. The van der Waals surface area contributed by atoms with Crippen LogP contribution in [-0.2, 0) is 9.53 Å². The number of esters is 1. The molecule has 25 heavy (non-hydrogen) atoms. The molecule has 1 N–H and O–H groups in total. The number of benzene rings is 1. The number of aliphatic hydroxyl groups is 1. The van der Waals surface area contributed by atoms with Crippen LogP contribution >= 0.6 is 0 Å². The number of hydrogen-bond donors (Lipinski definition) is 1. The first-order valence-corrected chi connectivity index (χ1v) is 11.9. The summed E-state index contributed by atoms with van der Waals surface area (Å²) in [4.78, 5) is 12.5. The summed E-state index contributed by atoms with van der Waals surface area (Å²) in [5.41, 5.74) is 0.443. The average molecular weight is 363 g/mol. The lowest BCUT2D eigenvalue weighted by Crippen LogP contribution is -2.59. The quantitative estimate of drug-likeness (QED) is 0.578. The van der Waals surface area contributed by atoms with E-state index in [-0.39, 0.29) is 17.4 Å². The van der Waals surface area contributed by atoms with Crippen molar-refractivity contribution in [1.82, 2.24) is 0 Å². The molecule has 140 valence electrons. The third kappa shape index (κ3) is 5.82. The predicted molar refractivity (Wildman–Crippen MR) is 108 cm³/mol. The van der Waals surface area contributed by atoms with Crippen molar-refractivity contribution < 1.29 is 14.6 Å². The van der Waals surface area contributed by atoms with Crippen LogP contribution in [0, 0.1) is 0 Å². The van der Waals surface area contributed by atoms with E-state index in [1.807, 2.05) is 63.3 Å². The first-order valence-electron chi connectivity index (χ1n) is 8.86. The SMILES string of the molecule is CC(C)(C)OC(=O)CC(O)(/C=C/c1ccccc1)[Si](C)(C)C(C)(C)C. The van der Waals surface area contributed by atoms with Crippen LogP contribution in [0.3, 0.4) is 0 Å². The molecule has 4 heteroatoms. The van der Waals surface area contributed by atoms with Gasteiger partial charge >= 0.3 is 5.97 Å². The fourth-order valence-electron chi connectivity index (χ4n) is 2.53. The summed E-state index contributed by atoms with van der Waals surface area (Å²) in [7, 11) is -2.28. The molecule has 3 nitrogen and oxygen atoms in total. The van der Waals surface area contributed by atoms with Crippen molar-refractivity contribution in [2.45, 2.75) is 76.9 Å². The fraction of sp³-hybridized carbons (Fsp3) is 0.571. The van der Waals surface area contributed by atoms with Gasteiger partial charge in [0.1, 0.15) is 5.60 Å². The summed E-state index contributed by atoms with van der Waals surface area (Å²) in [6, 6.07) is 9.84. The highest BCUT2D eigenvalue weighted by atomic mass is 28.3. The van der Waals surface area contributed by atoms with Crippen molar-refractivity contribution in [2.24, 2.45) is 0 Å². The number of hydrogen-bond acceptors (Lipinski definition) is 3. The average Bonchev–Trinajstić information content (AvgIpc) is 2.42. The van der Waals surface area contributed by atoms with Crippen molar-refractivity contribution in [3.8, 4) is 0 Å². The lowest BCUT2D eigenvalue weighted by Gasteiger charge is -2.47. The van der Waals surface area contributed by atoms with Crippen LogP contribution in [-0.4, -0.2) is 30.0 Å². The highest BCUT2D eigenvalue weighted by Crippen LogP contribution is 2.45. The number of rotatable bonds is 5. The normalized spacial score (nSPS) is 15.9. The van der Waals surface area contributed by atoms with Gasteiger partial charge in [0.05, 0.1) is 19.7 Å². The summed E-state index contributed by atoms with van der Waals surface area (Å²) >= 11 is 0. The molecule has 0 heterocycles. The maximum absolute atomic E-state index is 12.5. The molecule has 0 aromatic heterocycles. The Bertz CT molecular complexity index is 606. The predicted octanol–water partition coefficient (Wildman–Crippen LogP) is 5.21. The van der Waals surface area contributed by atoms with Crippen molar-refractivity contribution in [3.05, 3.63) is 42.0 Å². The van der Waals surface area contributed by atoms with E-state index in [1.165, 1.54) is 0 Å². The van der Waals surface area contributed by atoms with Gasteiger partial charge in [-0.15, -0.1) is 0 Å². The number of carbonyl (C=O) groups excluding carboxylic acids is 1. The van der Waals surface area contributed by atoms with E-state index in [9.17, 15) is 9.90 Å².